The summed E-state index contributed by atoms with van der Waals surface area (Å²) in [5.41, 5.74) is 2.42. The van der Waals surface area contributed by atoms with E-state index >= 15 is 0 Å². The van der Waals surface area contributed by atoms with E-state index < -0.39 is 11.6 Å². The molecular formula is C19H20ClN5O4S. The fourth-order valence-corrected chi connectivity index (χ4v) is 2.62. The molecule has 158 valence electrons. The zero-order chi connectivity index (χ0) is 21.9. The Labute approximate surface area is 182 Å². The van der Waals surface area contributed by atoms with Crippen molar-refractivity contribution >= 4 is 52.0 Å². The van der Waals surface area contributed by atoms with Crippen molar-refractivity contribution < 1.29 is 17.9 Å². The van der Waals surface area contributed by atoms with E-state index in [0.29, 0.717) is 22.5 Å². The van der Waals surface area contributed by atoms with Gasteiger partial charge in [-0.05, 0) is 24.3 Å². The van der Waals surface area contributed by atoms with Gasteiger partial charge in [-0.15, -0.1) is 0 Å². The third-order valence-corrected chi connectivity index (χ3v) is 4.12. The second-order valence-corrected chi connectivity index (χ2v) is 6.11. The second kappa shape index (κ2) is 11.6. The second-order valence-electron chi connectivity index (χ2n) is 5.57. The van der Waals surface area contributed by atoms with Gasteiger partial charge in [0.05, 0.1) is 37.5 Å². The van der Waals surface area contributed by atoms with Crippen LogP contribution in [0.15, 0.2) is 48.7 Å². The number of nitrogens with zero attached hydrogens (tertiary/aromatic N) is 2. The van der Waals surface area contributed by atoms with Crippen molar-refractivity contribution in [3.8, 4) is 11.5 Å². The largest absolute Gasteiger partial charge is 0.497 e. The van der Waals surface area contributed by atoms with Crippen molar-refractivity contribution in [2.45, 2.75) is 0 Å². The van der Waals surface area contributed by atoms with E-state index in [-0.39, 0.29) is 0 Å². The average Bonchev–Trinajstić information content (AvgIpc) is 2.77. The van der Waals surface area contributed by atoms with E-state index in [0.717, 1.165) is 22.8 Å². The molecule has 0 aliphatic heterocycles. The number of ether oxygens (including phenoxy) is 2. The molecule has 0 fully saturated rings. The van der Waals surface area contributed by atoms with Crippen molar-refractivity contribution in [3.63, 3.8) is 0 Å². The maximum Gasteiger partial charge on any atom is 0.335 e. The number of anilines is 5. The number of halogens is 1. The van der Waals surface area contributed by atoms with Crippen LogP contribution in [0.2, 0.25) is 5.02 Å². The van der Waals surface area contributed by atoms with Crippen LogP contribution in [-0.2, 0) is 11.6 Å². The lowest BCUT2D eigenvalue weighted by Crippen LogP contribution is -2.04. The van der Waals surface area contributed by atoms with E-state index in [2.05, 4.69) is 25.9 Å². The predicted octanol–water partition coefficient (Wildman–Crippen LogP) is 4.01. The van der Waals surface area contributed by atoms with Crippen LogP contribution in [0.3, 0.4) is 0 Å². The van der Waals surface area contributed by atoms with Gasteiger partial charge in [0.1, 0.15) is 16.5 Å². The predicted molar refractivity (Wildman–Crippen MR) is 118 cm³/mol. The molecule has 3 N–H and O–H groups in total. The van der Waals surface area contributed by atoms with Crippen LogP contribution in [0.4, 0.5) is 28.8 Å². The third-order valence-electron chi connectivity index (χ3n) is 3.85. The molecule has 0 atom stereocenters. The fraction of sp³-hybridized carbons (Fsp3) is 0.158. The number of hydrogen-bond donors (Lipinski definition) is 3. The number of para-hydroxylation sites is 2. The monoisotopic (exact) mass is 449 g/mol. The van der Waals surface area contributed by atoms with Crippen molar-refractivity contribution in [2.75, 3.05) is 37.2 Å². The standard InChI is InChI=1S/C19H20ClN5O2.O2S/c1-21-16-10-12(26-2)8-9-14(16)23-18-13(20)11-22-19(25-18)24-15-6-4-5-7-17(15)27-3;1-3-2/h4-11,21H,1-3H3,(H2,22,23,24,25);. The number of hydrogen-bond acceptors (Lipinski definition) is 9. The van der Waals surface area contributed by atoms with E-state index in [4.69, 9.17) is 29.5 Å². The summed E-state index contributed by atoms with van der Waals surface area (Å²) in [6, 6.07) is 13.1. The van der Waals surface area contributed by atoms with Crippen molar-refractivity contribution in [2.24, 2.45) is 0 Å². The summed E-state index contributed by atoms with van der Waals surface area (Å²) >= 11 is 5.53. The molecule has 0 aliphatic rings. The molecule has 9 nitrogen and oxygen atoms in total. The number of nitrogens with one attached hydrogen (secondary N) is 3. The van der Waals surface area contributed by atoms with Crippen molar-refractivity contribution in [1.29, 1.82) is 0 Å². The number of methoxy groups -OCH3 is 2. The van der Waals surface area contributed by atoms with Gasteiger partial charge in [-0.2, -0.15) is 13.4 Å². The Morgan fingerprint density at radius 2 is 1.70 bits per heavy atom. The first-order valence-corrected chi connectivity index (χ1v) is 9.57. The molecule has 0 aliphatic carbocycles. The molecule has 0 amide bonds. The summed E-state index contributed by atoms with van der Waals surface area (Å²) < 4.78 is 27.2. The number of rotatable bonds is 7. The normalized spacial score (nSPS) is 9.60. The van der Waals surface area contributed by atoms with Crippen LogP contribution in [0.1, 0.15) is 0 Å². The van der Waals surface area contributed by atoms with Gasteiger partial charge in [0.2, 0.25) is 5.95 Å². The first-order chi connectivity index (χ1) is 14.6. The highest BCUT2D eigenvalue weighted by molar-refractivity contribution is 7.51. The molecule has 3 aromatic rings. The summed E-state index contributed by atoms with van der Waals surface area (Å²) in [5, 5.41) is 9.89. The van der Waals surface area contributed by atoms with Crippen LogP contribution >= 0.6 is 11.6 Å². The van der Waals surface area contributed by atoms with Gasteiger partial charge in [0, 0.05) is 13.1 Å². The Morgan fingerprint density at radius 3 is 2.37 bits per heavy atom. The van der Waals surface area contributed by atoms with E-state index in [1.54, 1.807) is 14.2 Å². The van der Waals surface area contributed by atoms with Gasteiger partial charge in [-0.1, -0.05) is 23.7 Å². The first-order valence-electron chi connectivity index (χ1n) is 8.53. The van der Waals surface area contributed by atoms with Gasteiger partial charge < -0.3 is 25.4 Å². The minimum Gasteiger partial charge on any atom is -0.497 e. The number of benzene rings is 2. The van der Waals surface area contributed by atoms with Gasteiger partial charge in [-0.25, -0.2) is 4.98 Å². The highest BCUT2D eigenvalue weighted by Gasteiger charge is 2.11. The molecule has 1 aromatic heterocycles. The lowest BCUT2D eigenvalue weighted by molar-refractivity contribution is 0.415. The fourth-order valence-electron chi connectivity index (χ4n) is 2.48. The summed E-state index contributed by atoms with van der Waals surface area (Å²) in [6.07, 6.45) is 1.54. The summed E-state index contributed by atoms with van der Waals surface area (Å²) in [5.74, 6) is 2.31. The Balaban J connectivity index is 0.00000101. The molecule has 0 spiro atoms. The van der Waals surface area contributed by atoms with Gasteiger partial charge >= 0.3 is 11.6 Å². The first kappa shape index (κ1) is 22.9. The van der Waals surface area contributed by atoms with Gasteiger partial charge in [-0.3, -0.25) is 0 Å². The minimum absolute atomic E-state index is 0.394. The topological polar surface area (TPSA) is 114 Å². The van der Waals surface area contributed by atoms with Gasteiger partial charge in [0.15, 0.2) is 5.82 Å². The molecule has 0 bridgehead atoms. The zero-order valence-corrected chi connectivity index (χ0v) is 18.0. The maximum atomic E-state index is 8.29. The van der Waals surface area contributed by atoms with Crippen LogP contribution in [0.25, 0.3) is 0 Å². The Bertz CT molecular complexity index is 1030. The molecule has 11 heteroatoms. The van der Waals surface area contributed by atoms with Crippen LogP contribution < -0.4 is 25.4 Å². The van der Waals surface area contributed by atoms with E-state index in [9.17, 15) is 0 Å². The lowest BCUT2D eigenvalue weighted by Gasteiger charge is -2.15. The molecule has 0 radical (unpaired) electrons. The smallest absolute Gasteiger partial charge is 0.335 e. The average molecular weight is 450 g/mol. The molecular weight excluding hydrogens is 430 g/mol. The highest BCUT2D eigenvalue weighted by Crippen LogP contribution is 2.32. The molecule has 0 unspecified atom stereocenters. The summed E-state index contributed by atoms with van der Waals surface area (Å²) in [7, 11) is 5.06. The van der Waals surface area contributed by atoms with Crippen LogP contribution in [0.5, 0.6) is 11.5 Å². The molecule has 1 heterocycles. The summed E-state index contributed by atoms with van der Waals surface area (Å²) in [4.78, 5) is 8.71. The minimum atomic E-state index is -0.750. The summed E-state index contributed by atoms with van der Waals surface area (Å²) in [6.45, 7) is 0. The molecule has 3 rings (SSSR count). The maximum absolute atomic E-state index is 8.29. The molecule has 0 saturated heterocycles. The highest BCUT2D eigenvalue weighted by atomic mass is 35.5. The molecule has 30 heavy (non-hydrogen) atoms. The lowest BCUT2D eigenvalue weighted by atomic mass is 10.2. The number of aromatic nitrogens is 2. The van der Waals surface area contributed by atoms with E-state index in [1.165, 1.54) is 6.20 Å². The third kappa shape index (κ3) is 6.06. The molecule has 2 aromatic carbocycles. The Morgan fingerprint density at radius 1 is 0.967 bits per heavy atom. The Hall–Kier alpha value is -3.37. The zero-order valence-electron chi connectivity index (χ0n) is 16.4. The quantitative estimate of drug-likeness (QED) is 0.492. The van der Waals surface area contributed by atoms with Gasteiger partial charge in [0.25, 0.3) is 0 Å². The van der Waals surface area contributed by atoms with Crippen molar-refractivity contribution in [3.05, 3.63) is 53.7 Å². The van der Waals surface area contributed by atoms with Crippen molar-refractivity contribution in [1.82, 2.24) is 9.97 Å². The van der Waals surface area contributed by atoms with Crippen LogP contribution in [0, 0.1) is 0 Å². The van der Waals surface area contributed by atoms with E-state index in [1.807, 2.05) is 49.5 Å². The van der Waals surface area contributed by atoms with Crippen LogP contribution in [-0.4, -0.2) is 39.7 Å². The Kier molecular flexibility index (Phi) is 8.85. The molecule has 0 saturated carbocycles. The SMILES string of the molecule is CNc1cc(OC)ccc1Nc1nc(Nc2ccccc2OC)ncc1Cl.O=S=O.